The molecule has 1 aromatic rings. The number of thiophene rings is 1. The maximum atomic E-state index is 11.3. The summed E-state index contributed by atoms with van der Waals surface area (Å²) >= 11 is 1.72. The highest BCUT2D eigenvalue weighted by molar-refractivity contribution is 7.09. The first-order chi connectivity index (χ1) is 7.83. The fraction of sp³-hybridized carbons (Fsp3) is 0.545. The van der Waals surface area contributed by atoms with Gasteiger partial charge in [0.2, 0.25) is 5.91 Å². The molecular formula is C11H17NO3S. The second-order valence-electron chi connectivity index (χ2n) is 3.30. The molecule has 0 spiro atoms. The van der Waals surface area contributed by atoms with Crippen LogP contribution >= 0.6 is 11.3 Å². The molecule has 0 saturated heterocycles. The van der Waals surface area contributed by atoms with E-state index >= 15 is 0 Å². The van der Waals surface area contributed by atoms with Crippen molar-refractivity contribution >= 4 is 17.2 Å². The Morgan fingerprint density at radius 3 is 3.06 bits per heavy atom. The van der Waals surface area contributed by atoms with Crippen LogP contribution in [-0.4, -0.2) is 26.2 Å². The number of hydroxylamine groups is 1. The number of amides is 1. The Kier molecular flexibility index (Phi) is 6.80. The van der Waals surface area contributed by atoms with Crippen LogP contribution in [0.15, 0.2) is 17.5 Å². The van der Waals surface area contributed by atoms with Crippen LogP contribution in [0.5, 0.6) is 0 Å². The third-order valence-electron chi connectivity index (χ3n) is 1.98. The number of ether oxygens (including phenoxy) is 1. The summed E-state index contributed by atoms with van der Waals surface area (Å²) in [5, 5.41) is 2.04. The van der Waals surface area contributed by atoms with Gasteiger partial charge in [0, 0.05) is 18.4 Å². The van der Waals surface area contributed by atoms with Gasteiger partial charge >= 0.3 is 0 Å². The fourth-order valence-electron chi connectivity index (χ4n) is 1.19. The van der Waals surface area contributed by atoms with E-state index in [2.05, 4.69) is 11.5 Å². The molecule has 0 unspecified atom stereocenters. The standard InChI is InChI=1S/C11H17NO3S/c1-14-7-8-15-12-11(13)6-2-4-10-5-3-9-16-10/h3,5,9H,2,4,6-8H2,1H3,(H,12,13). The molecule has 5 heteroatoms. The van der Waals surface area contributed by atoms with Crippen molar-refractivity contribution < 1.29 is 14.4 Å². The number of carbonyl (C=O) groups is 1. The zero-order chi connectivity index (χ0) is 11.6. The van der Waals surface area contributed by atoms with Crippen LogP contribution in [0.25, 0.3) is 0 Å². The van der Waals surface area contributed by atoms with Crippen molar-refractivity contribution in [2.24, 2.45) is 0 Å². The molecule has 1 heterocycles. The molecule has 90 valence electrons. The summed E-state index contributed by atoms with van der Waals surface area (Å²) in [6.07, 6.45) is 2.29. The molecule has 1 amide bonds. The smallest absolute Gasteiger partial charge is 0.243 e. The van der Waals surface area contributed by atoms with Gasteiger partial charge in [-0.2, -0.15) is 0 Å². The summed E-state index contributed by atoms with van der Waals surface area (Å²) in [6, 6.07) is 4.10. The lowest BCUT2D eigenvalue weighted by Crippen LogP contribution is -2.25. The Morgan fingerprint density at radius 1 is 1.50 bits per heavy atom. The minimum Gasteiger partial charge on any atom is -0.382 e. The fourth-order valence-corrected chi connectivity index (χ4v) is 1.94. The van der Waals surface area contributed by atoms with E-state index in [0.29, 0.717) is 19.6 Å². The Hall–Kier alpha value is -0.910. The Labute approximate surface area is 99.5 Å². The summed E-state index contributed by atoms with van der Waals surface area (Å²) in [6.45, 7) is 0.864. The van der Waals surface area contributed by atoms with E-state index in [-0.39, 0.29) is 5.91 Å². The Bertz CT molecular complexity index is 287. The third-order valence-corrected chi connectivity index (χ3v) is 2.92. The van der Waals surface area contributed by atoms with Gasteiger partial charge in [0.1, 0.15) is 0 Å². The van der Waals surface area contributed by atoms with Gasteiger partial charge in [-0.15, -0.1) is 11.3 Å². The number of nitrogens with one attached hydrogen (secondary N) is 1. The van der Waals surface area contributed by atoms with E-state index in [1.54, 1.807) is 18.4 Å². The molecule has 1 N–H and O–H groups in total. The van der Waals surface area contributed by atoms with Crippen LogP contribution < -0.4 is 5.48 Å². The number of hydrogen-bond donors (Lipinski definition) is 1. The van der Waals surface area contributed by atoms with Crippen LogP contribution in [-0.2, 0) is 20.8 Å². The number of aryl methyl sites for hydroxylation is 1. The summed E-state index contributed by atoms with van der Waals surface area (Å²) in [5.74, 6) is -0.0762. The third kappa shape index (κ3) is 5.85. The Balaban J connectivity index is 1.98. The zero-order valence-corrected chi connectivity index (χ0v) is 10.2. The minimum atomic E-state index is -0.0762. The highest BCUT2D eigenvalue weighted by Crippen LogP contribution is 2.11. The first kappa shape index (κ1) is 13.2. The molecular weight excluding hydrogens is 226 g/mol. The highest BCUT2D eigenvalue weighted by atomic mass is 32.1. The van der Waals surface area contributed by atoms with Crippen molar-refractivity contribution in [1.29, 1.82) is 0 Å². The molecule has 0 saturated carbocycles. The number of methoxy groups -OCH3 is 1. The monoisotopic (exact) mass is 243 g/mol. The molecule has 0 aliphatic carbocycles. The van der Waals surface area contributed by atoms with Crippen molar-refractivity contribution in [3.8, 4) is 0 Å². The summed E-state index contributed by atoms with van der Waals surface area (Å²) in [7, 11) is 1.59. The topological polar surface area (TPSA) is 47.6 Å². The lowest BCUT2D eigenvalue weighted by molar-refractivity contribution is -0.134. The van der Waals surface area contributed by atoms with Crippen LogP contribution in [0.2, 0.25) is 0 Å². The zero-order valence-electron chi connectivity index (χ0n) is 9.40. The van der Waals surface area contributed by atoms with E-state index in [0.717, 1.165) is 12.8 Å². The van der Waals surface area contributed by atoms with Crippen molar-refractivity contribution in [2.45, 2.75) is 19.3 Å². The van der Waals surface area contributed by atoms with Gasteiger partial charge in [-0.25, -0.2) is 5.48 Å². The van der Waals surface area contributed by atoms with Gasteiger partial charge in [0.15, 0.2) is 0 Å². The number of hydrogen-bond acceptors (Lipinski definition) is 4. The number of rotatable bonds is 8. The van der Waals surface area contributed by atoms with Gasteiger partial charge in [0.05, 0.1) is 13.2 Å². The molecule has 16 heavy (non-hydrogen) atoms. The number of carbonyl (C=O) groups excluding carboxylic acids is 1. The van der Waals surface area contributed by atoms with Crippen LogP contribution in [0.1, 0.15) is 17.7 Å². The van der Waals surface area contributed by atoms with Gasteiger partial charge in [0.25, 0.3) is 0 Å². The summed E-state index contributed by atoms with van der Waals surface area (Å²) in [4.78, 5) is 17.5. The molecule has 1 aromatic heterocycles. The van der Waals surface area contributed by atoms with Crippen molar-refractivity contribution in [2.75, 3.05) is 20.3 Å². The lowest BCUT2D eigenvalue weighted by atomic mass is 10.2. The molecule has 0 aliphatic rings. The largest absolute Gasteiger partial charge is 0.382 e. The average molecular weight is 243 g/mol. The maximum Gasteiger partial charge on any atom is 0.243 e. The molecule has 0 bridgehead atoms. The van der Waals surface area contributed by atoms with Crippen molar-refractivity contribution in [1.82, 2.24) is 5.48 Å². The van der Waals surface area contributed by atoms with Crippen molar-refractivity contribution in [3.63, 3.8) is 0 Å². The molecule has 0 radical (unpaired) electrons. The van der Waals surface area contributed by atoms with E-state index in [1.807, 2.05) is 11.4 Å². The first-order valence-electron chi connectivity index (χ1n) is 5.25. The molecule has 1 rings (SSSR count). The molecule has 0 aromatic carbocycles. The second-order valence-corrected chi connectivity index (χ2v) is 4.33. The van der Waals surface area contributed by atoms with E-state index in [1.165, 1.54) is 4.88 Å². The minimum absolute atomic E-state index is 0.0762. The predicted molar refractivity (Wildman–Crippen MR) is 63.2 cm³/mol. The van der Waals surface area contributed by atoms with Crippen LogP contribution in [0.4, 0.5) is 0 Å². The lowest BCUT2D eigenvalue weighted by Gasteiger charge is -2.04. The van der Waals surface area contributed by atoms with E-state index in [9.17, 15) is 4.79 Å². The van der Waals surface area contributed by atoms with Gasteiger partial charge in [-0.1, -0.05) is 6.07 Å². The molecule has 0 fully saturated rings. The maximum absolute atomic E-state index is 11.3. The van der Waals surface area contributed by atoms with Crippen molar-refractivity contribution in [3.05, 3.63) is 22.4 Å². The normalized spacial score (nSPS) is 10.3. The second kappa shape index (κ2) is 8.27. The first-order valence-corrected chi connectivity index (χ1v) is 6.13. The quantitative estimate of drug-likeness (QED) is 0.559. The van der Waals surface area contributed by atoms with Crippen LogP contribution in [0.3, 0.4) is 0 Å². The highest BCUT2D eigenvalue weighted by Gasteiger charge is 2.01. The molecule has 4 nitrogen and oxygen atoms in total. The van der Waals surface area contributed by atoms with Crippen LogP contribution in [0, 0.1) is 0 Å². The Morgan fingerprint density at radius 2 is 2.38 bits per heavy atom. The van der Waals surface area contributed by atoms with E-state index < -0.39 is 0 Å². The summed E-state index contributed by atoms with van der Waals surface area (Å²) in [5.41, 5.74) is 2.38. The van der Waals surface area contributed by atoms with E-state index in [4.69, 9.17) is 9.57 Å². The SMILES string of the molecule is COCCONC(=O)CCCc1cccs1. The molecule has 0 atom stereocenters. The van der Waals surface area contributed by atoms with Gasteiger partial charge < -0.3 is 4.74 Å². The average Bonchev–Trinajstić information content (AvgIpc) is 2.77. The van der Waals surface area contributed by atoms with Gasteiger partial charge in [-0.05, 0) is 24.3 Å². The summed E-state index contributed by atoms with van der Waals surface area (Å²) < 4.78 is 4.78. The van der Waals surface area contributed by atoms with Gasteiger partial charge in [-0.3, -0.25) is 9.63 Å². The molecule has 0 aliphatic heterocycles. The predicted octanol–water partition coefficient (Wildman–Crippen LogP) is 1.76.